The number of hydrogen-bond acceptors (Lipinski definition) is 0. The summed E-state index contributed by atoms with van der Waals surface area (Å²) in [5.74, 6) is 0. The van der Waals surface area contributed by atoms with Crippen LogP contribution < -0.4 is 24.8 Å². The fraction of sp³-hybridized carbons (Fsp3) is 0.0833. The Bertz CT molecular complexity index is 1080. The third-order valence-electron chi connectivity index (χ3n) is 4.79. The number of benzene rings is 2. The van der Waals surface area contributed by atoms with Crippen LogP contribution in [0.5, 0.6) is 0 Å². The molecule has 0 atom stereocenters. The smallest absolute Gasteiger partial charge is 1.00 e. The summed E-state index contributed by atoms with van der Waals surface area (Å²) < 4.78 is 2.25. The first-order valence-corrected chi connectivity index (χ1v) is 8.63. The summed E-state index contributed by atoms with van der Waals surface area (Å²) in [5, 5.41) is 3.87. The minimum absolute atomic E-state index is 0. The Balaban J connectivity index is 0.000000341. The second-order valence-corrected chi connectivity index (χ2v) is 6.48. The predicted octanol–water partition coefficient (Wildman–Crippen LogP) is 0.530. The van der Waals surface area contributed by atoms with Crippen LogP contribution in [-0.2, 0) is 21.7 Å². The molecule has 0 amide bonds. The van der Waals surface area contributed by atoms with Crippen molar-refractivity contribution >= 4 is 21.7 Å². The van der Waals surface area contributed by atoms with E-state index in [0.717, 1.165) is 0 Å². The number of hydrogen-bond donors (Lipinski definition) is 0. The van der Waals surface area contributed by atoms with E-state index in [0.29, 0.717) is 0 Å². The van der Waals surface area contributed by atoms with Gasteiger partial charge in [0, 0.05) is 6.20 Å². The fourth-order valence-corrected chi connectivity index (χ4v) is 3.18. The standard InChI is InChI=1S/C17H12N.C7H9.2ClH.Ti/c1-2-7-15-12-16(11-14(15)6-1)18-10-9-13-5-3-4-8-17(13)18;1-6-4-3-5-7(6)2;;;/h1-12H;3-5H,1-2H3;2*1H;/q2*-1;;;+4/p-2. The number of nitrogens with zero attached hydrogens (tertiary/aromatic N) is 1. The Morgan fingerprint density at radius 1 is 0.821 bits per heavy atom. The van der Waals surface area contributed by atoms with E-state index in [1.165, 1.54) is 38.5 Å². The van der Waals surface area contributed by atoms with E-state index in [1.54, 1.807) is 0 Å². The normalized spacial score (nSPS) is 9.64. The van der Waals surface area contributed by atoms with Gasteiger partial charge in [0.05, 0.1) is 5.52 Å². The van der Waals surface area contributed by atoms with Gasteiger partial charge in [0.1, 0.15) is 0 Å². The Labute approximate surface area is 193 Å². The molecule has 0 aliphatic rings. The topological polar surface area (TPSA) is 4.93 Å². The van der Waals surface area contributed by atoms with Crippen LogP contribution in [0.25, 0.3) is 27.4 Å². The van der Waals surface area contributed by atoms with Crippen molar-refractivity contribution < 1.29 is 46.5 Å². The van der Waals surface area contributed by atoms with Gasteiger partial charge in [0.2, 0.25) is 0 Å². The first-order valence-electron chi connectivity index (χ1n) is 8.63. The molecule has 0 spiro atoms. The minimum atomic E-state index is 0. The van der Waals surface area contributed by atoms with Gasteiger partial charge in [-0.25, -0.2) is 12.1 Å². The SMILES string of the molecule is Cc1ccc[c-]1C.[Cl-].[Cl-].[Ti+4].c1ccc2[cH-]c(-n3ccc4ccccc43)cc2c1. The average molecular weight is 442 g/mol. The summed E-state index contributed by atoms with van der Waals surface area (Å²) in [4.78, 5) is 0. The molecule has 140 valence electrons. The second kappa shape index (κ2) is 10.7. The van der Waals surface area contributed by atoms with Gasteiger partial charge in [-0.05, 0) is 23.2 Å². The summed E-state index contributed by atoms with van der Waals surface area (Å²) in [6, 6.07) is 29.9. The summed E-state index contributed by atoms with van der Waals surface area (Å²) in [7, 11) is 0. The predicted molar refractivity (Wildman–Crippen MR) is 108 cm³/mol. The van der Waals surface area contributed by atoms with Crippen molar-refractivity contribution in [1.29, 1.82) is 0 Å². The number of aromatic nitrogens is 1. The molecule has 0 fully saturated rings. The number of aryl methyl sites for hydroxylation is 2. The van der Waals surface area contributed by atoms with E-state index in [2.05, 4.69) is 110 Å². The molecule has 4 aromatic carbocycles. The van der Waals surface area contributed by atoms with Crippen LogP contribution in [0.2, 0.25) is 0 Å². The van der Waals surface area contributed by atoms with E-state index < -0.39 is 0 Å². The van der Waals surface area contributed by atoms with Gasteiger partial charge in [0.15, 0.2) is 0 Å². The second-order valence-electron chi connectivity index (χ2n) is 6.48. The molecule has 5 rings (SSSR count). The molecular weight excluding hydrogens is 421 g/mol. The Hall–Kier alpha value is -1.77. The monoisotopic (exact) mass is 441 g/mol. The van der Waals surface area contributed by atoms with Crippen LogP contribution in [0.15, 0.2) is 91.1 Å². The number of fused-ring (bicyclic) bond motifs is 2. The Morgan fingerprint density at radius 2 is 1.50 bits per heavy atom. The first kappa shape index (κ1) is 24.3. The zero-order valence-corrected chi connectivity index (χ0v) is 18.9. The fourth-order valence-electron chi connectivity index (χ4n) is 3.18. The molecule has 5 aromatic rings. The van der Waals surface area contributed by atoms with Crippen molar-refractivity contribution in [3.05, 3.63) is 102 Å². The molecule has 1 heterocycles. The summed E-state index contributed by atoms with van der Waals surface area (Å²) >= 11 is 0. The van der Waals surface area contributed by atoms with Crippen LogP contribution in [-0.4, -0.2) is 4.57 Å². The van der Waals surface area contributed by atoms with E-state index in [9.17, 15) is 0 Å². The molecule has 1 nitrogen and oxygen atoms in total. The van der Waals surface area contributed by atoms with Gasteiger partial charge in [0.25, 0.3) is 0 Å². The molecule has 0 unspecified atom stereocenters. The summed E-state index contributed by atoms with van der Waals surface area (Å²) in [6.45, 7) is 4.24. The molecular formula is C24H21Cl2NTi. The van der Waals surface area contributed by atoms with Crippen LogP contribution in [0.4, 0.5) is 0 Å². The van der Waals surface area contributed by atoms with E-state index in [4.69, 9.17) is 0 Å². The van der Waals surface area contributed by atoms with E-state index in [1.807, 2.05) is 0 Å². The largest absolute Gasteiger partial charge is 4.00 e. The zero-order chi connectivity index (χ0) is 17.2. The third kappa shape index (κ3) is 4.98. The van der Waals surface area contributed by atoms with Crippen molar-refractivity contribution in [3.8, 4) is 5.69 Å². The quantitative estimate of drug-likeness (QED) is 0.264. The number of halogens is 2. The average Bonchev–Trinajstić information content (AvgIpc) is 3.34. The van der Waals surface area contributed by atoms with E-state index in [-0.39, 0.29) is 46.5 Å². The van der Waals surface area contributed by atoms with Gasteiger partial charge in [-0.1, -0.05) is 38.1 Å². The molecule has 0 bridgehead atoms. The first-order chi connectivity index (χ1) is 12.2. The molecule has 4 heteroatoms. The molecule has 1 aromatic heterocycles. The Morgan fingerprint density at radius 3 is 2.11 bits per heavy atom. The summed E-state index contributed by atoms with van der Waals surface area (Å²) in [5.41, 5.74) is 5.27. The molecule has 0 aliphatic heterocycles. The van der Waals surface area contributed by atoms with Gasteiger partial charge >= 0.3 is 21.7 Å². The minimum Gasteiger partial charge on any atom is -1.00 e. The maximum Gasteiger partial charge on any atom is 4.00 e. The molecule has 0 aliphatic carbocycles. The summed E-state index contributed by atoms with van der Waals surface area (Å²) in [6.07, 6.45) is 2.14. The van der Waals surface area contributed by atoms with Crippen molar-refractivity contribution in [1.82, 2.24) is 4.57 Å². The molecule has 28 heavy (non-hydrogen) atoms. The molecule has 0 saturated heterocycles. The van der Waals surface area contributed by atoms with Crippen molar-refractivity contribution in [2.75, 3.05) is 0 Å². The van der Waals surface area contributed by atoms with Gasteiger partial charge in [-0.3, -0.25) is 0 Å². The van der Waals surface area contributed by atoms with Crippen molar-refractivity contribution in [2.24, 2.45) is 0 Å². The van der Waals surface area contributed by atoms with Crippen LogP contribution >= 0.6 is 0 Å². The molecule has 0 N–H and O–H groups in total. The Kier molecular flexibility index (Phi) is 9.27. The maximum atomic E-state index is 2.25. The molecule has 0 radical (unpaired) electrons. The van der Waals surface area contributed by atoms with Crippen LogP contribution in [0.3, 0.4) is 0 Å². The third-order valence-corrected chi connectivity index (χ3v) is 4.79. The van der Waals surface area contributed by atoms with Crippen LogP contribution in [0, 0.1) is 13.8 Å². The molecule has 0 saturated carbocycles. The van der Waals surface area contributed by atoms with Gasteiger partial charge in [-0.2, -0.15) is 17.2 Å². The van der Waals surface area contributed by atoms with Crippen LogP contribution in [0.1, 0.15) is 11.1 Å². The maximum absolute atomic E-state index is 2.25. The van der Waals surface area contributed by atoms with E-state index >= 15 is 0 Å². The van der Waals surface area contributed by atoms with Crippen molar-refractivity contribution in [2.45, 2.75) is 13.8 Å². The zero-order valence-electron chi connectivity index (χ0n) is 15.9. The van der Waals surface area contributed by atoms with Gasteiger partial charge in [-0.15, -0.1) is 41.1 Å². The van der Waals surface area contributed by atoms with Gasteiger partial charge < -0.3 is 29.4 Å². The number of para-hydroxylation sites is 1. The number of rotatable bonds is 1. The van der Waals surface area contributed by atoms with Crippen molar-refractivity contribution in [3.63, 3.8) is 0 Å².